The van der Waals surface area contributed by atoms with Crippen LogP contribution in [0.4, 0.5) is 11.5 Å². The van der Waals surface area contributed by atoms with Gasteiger partial charge < -0.3 is 15.0 Å². The number of nitro benzene ring substituents is 1. The molecule has 0 amide bonds. The van der Waals surface area contributed by atoms with Crippen molar-refractivity contribution in [3.8, 4) is 0 Å². The first-order valence-electron chi connectivity index (χ1n) is 10.3. The van der Waals surface area contributed by atoms with E-state index in [9.17, 15) is 14.9 Å². The molecule has 2 fully saturated rings. The lowest BCUT2D eigenvalue weighted by atomic mass is 10.0. The minimum atomic E-state index is -0.504. The molecule has 1 aromatic carbocycles. The van der Waals surface area contributed by atoms with Crippen LogP contribution in [0.3, 0.4) is 0 Å². The van der Waals surface area contributed by atoms with Crippen LogP contribution in [-0.2, 0) is 4.74 Å². The second kappa shape index (κ2) is 7.32. The summed E-state index contributed by atoms with van der Waals surface area (Å²) in [7, 11) is 0. The summed E-state index contributed by atoms with van der Waals surface area (Å²) >= 11 is 0. The van der Waals surface area contributed by atoms with Crippen molar-refractivity contribution < 1.29 is 14.5 Å². The molecule has 5 rings (SSSR count). The van der Waals surface area contributed by atoms with E-state index >= 15 is 0 Å². The third-order valence-electron chi connectivity index (χ3n) is 6.34. The van der Waals surface area contributed by atoms with Crippen molar-refractivity contribution in [1.82, 2.24) is 15.3 Å². The fourth-order valence-corrected chi connectivity index (χ4v) is 4.92. The van der Waals surface area contributed by atoms with Gasteiger partial charge in [0.2, 0.25) is 0 Å². The van der Waals surface area contributed by atoms with Gasteiger partial charge in [0.25, 0.3) is 5.69 Å². The second-order valence-corrected chi connectivity index (χ2v) is 8.37. The zero-order valence-corrected chi connectivity index (χ0v) is 16.7. The van der Waals surface area contributed by atoms with Gasteiger partial charge >= 0.3 is 5.97 Å². The Hall–Kier alpha value is -3.07. The summed E-state index contributed by atoms with van der Waals surface area (Å²) < 4.78 is 5.76. The highest BCUT2D eigenvalue weighted by molar-refractivity contribution is 5.89. The van der Waals surface area contributed by atoms with Crippen LogP contribution in [0.25, 0.3) is 0 Å². The Kier molecular flexibility index (Phi) is 4.62. The number of nitro groups is 1. The minimum absolute atomic E-state index is 0.0613. The summed E-state index contributed by atoms with van der Waals surface area (Å²) in [5, 5.41) is 14.4. The van der Waals surface area contributed by atoms with Crippen molar-refractivity contribution in [3.05, 3.63) is 57.5 Å². The number of rotatable bonds is 4. The summed E-state index contributed by atoms with van der Waals surface area (Å²) in [6.07, 6.45) is 4.15. The molecular weight excluding hydrogens is 386 g/mol. The predicted molar refractivity (Wildman–Crippen MR) is 108 cm³/mol. The highest BCUT2D eigenvalue weighted by Gasteiger charge is 2.39. The normalized spacial score (nSPS) is 27.0. The van der Waals surface area contributed by atoms with E-state index in [0.717, 1.165) is 30.2 Å². The fourth-order valence-electron chi connectivity index (χ4n) is 4.92. The van der Waals surface area contributed by atoms with Crippen LogP contribution in [0.2, 0.25) is 0 Å². The maximum absolute atomic E-state index is 12.6. The van der Waals surface area contributed by atoms with E-state index in [2.05, 4.69) is 27.1 Å². The number of anilines is 1. The Balaban J connectivity index is 1.37. The number of esters is 1. The van der Waals surface area contributed by atoms with Gasteiger partial charge in [-0.1, -0.05) is 6.92 Å². The van der Waals surface area contributed by atoms with Gasteiger partial charge in [0.1, 0.15) is 18.2 Å². The molecule has 1 aromatic heterocycles. The van der Waals surface area contributed by atoms with Crippen LogP contribution < -0.4 is 10.2 Å². The lowest BCUT2D eigenvalue weighted by Crippen LogP contribution is -2.51. The highest BCUT2D eigenvalue weighted by Crippen LogP contribution is 2.45. The quantitative estimate of drug-likeness (QED) is 0.466. The van der Waals surface area contributed by atoms with Crippen LogP contribution in [-0.4, -0.2) is 46.0 Å². The monoisotopic (exact) mass is 409 g/mol. The number of nitrogens with one attached hydrogen (secondary N) is 1. The smallest absolute Gasteiger partial charge is 0.338 e. The van der Waals surface area contributed by atoms with E-state index in [1.165, 1.54) is 37.1 Å². The molecule has 30 heavy (non-hydrogen) atoms. The van der Waals surface area contributed by atoms with Crippen molar-refractivity contribution in [2.24, 2.45) is 0 Å². The molecule has 1 N–H and O–H groups in total. The number of hydrogen-bond acceptors (Lipinski definition) is 8. The molecule has 0 radical (unpaired) electrons. The summed E-state index contributed by atoms with van der Waals surface area (Å²) in [5.41, 5.74) is 2.07. The van der Waals surface area contributed by atoms with Gasteiger partial charge in [0, 0.05) is 42.9 Å². The zero-order valence-electron chi connectivity index (χ0n) is 16.7. The average Bonchev–Trinajstić information content (AvgIpc) is 3.26. The van der Waals surface area contributed by atoms with Crippen molar-refractivity contribution >= 4 is 17.5 Å². The van der Waals surface area contributed by atoms with Crippen LogP contribution in [0.5, 0.6) is 0 Å². The average molecular weight is 409 g/mol. The van der Waals surface area contributed by atoms with Crippen LogP contribution in [0.1, 0.15) is 59.8 Å². The largest absolute Gasteiger partial charge is 0.452 e. The number of hydrogen-bond donors (Lipinski definition) is 1. The number of nitrogens with zero attached hydrogens (tertiary/aromatic N) is 4. The Bertz CT molecular complexity index is 983. The van der Waals surface area contributed by atoms with Crippen molar-refractivity contribution in [2.45, 2.75) is 50.3 Å². The number of ether oxygens (including phenoxy) is 1. The molecule has 9 heteroatoms. The highest BCUT2D eigenvalue weighted by atomic mass is 16.6. The maximum atomic E-state index is 12.6. The SMILES string of the molecule is C[C@@H]1C[C@@H](OC(=O)c2ccc([N+](=O)[O-])cc2)c2ncnc(N3C[C@H]4CC[C@@H](C3)N4)c21. The number of carbonyl (C=O) groups is 1. The van der Waals surface area contributed by atoms with Gasteiger partial charge in [-0.2, -0.15) is 0 Å². The van der Waals surface area contributed by atoms with E-state index in [1.54, 1.807) is 6.33 Å². The first-order valence-corrected chi connectivity index (χ1v) is 10.3. The van der Waals surface area contributed by atoms with Gasteiger partial charge in [-0.05, 0) is 37.3 Å². The summed E-state index contributed by atoms with van der Waals surface area (Å²) in [6, 6.07) is 6.45. The van der Waals surface area contributed by atoms with E-state index in [1.807, 2.05) is 0 Å². The molecule has 2 aliphatic heterocycles. The summed E-state index contributed by atoms with van der Waals surface area (Å²) in [6.45, 7) is 3.97. The first-order chi connectivity index (χ1) is 14.5. The minimum Gasteiger partial charge on any atom is -0.452 e. The Morgan fingerprint density at radius 3 is 2.57 bits per heavy atom. The van der Waals surface area contributed by atoms with E-state index in [0.29, 0.717) is 18.5 Å². The molecule has 156 valence electrons. The number of aromatic nitrogens is 2. The Morgan fingerprint density at radius 1 is 1.20 bits per heavy atom. The Morgan fingerprint density at radius 2 is 1.90 bits per heavy atom. The number of benzene rings is 1. The molecule has 3 aliphatic rings. The van der Waals surface area contributed by atoms with Gasteiger partial charge in [-0.25, -0.2) is 14.8 Å². The van der Waals surface area contributed by atoms with Crippen LogP contribution in [0, 0.1) is 10.1 Å². The predicted octanol–water partition coefficient (Wildman–Crippen LogP) is 2.73. The molecule has 2 aromatic rings. The third-order valence-corrected chi connectivity index (χ3v) is 6.34. The van der Waals surface area contributed by atoms with E-state index < -0.39 is 17.0 Å². The fraction of sp³-hybridized carbons (Fsp3) is 0.476. The lowest BCUT2D eigenvalue weighted by molar-refractivity contribution is -0.384. The van der Waals surface area contributed by atoms with Gasteiger partial charge in [0.05, 0.1) is 16.2 Å². The molecular formula is C21H23N5O4. The van der Waals surface area contributed by atoms with E-state index in [4.69, 9.17) is 4.74 Å². The third kappa shape index (κ3) is 3.28. The van der Waals surface area contributed by atoms with Gasteiger partial charge in [-0.15, -0.1) is 0 Å². The van der Waals surface area contributed by atoms with E-state index in [-0.39, 0.29) is 17.2 Å². The van der Waals surface area contributed by atoms with Crippen molar-refractivity contribution in [2.75, 3.05) is 18.0 Å². The first kappa shape index (κ1) is 18.9. The maximum Gasteiger partial charge on any atom is 0.338 e. The standard InChI is InChI=1S/C21H23N5O4/c1-12-8-17(30-21(27)13-2-6-16(7-3-13)26(28)29)19-18(12)20(23-11-22-19)25-9-14-4-5-15(10-25)24-14/h2-3,6-7,11-12,14-15,17,24H,4-5,8-10H2,1H3/t12-,14-,15+,17-/m1/s1. The molecule has 4 atom stereocenters. The molecule has 3 heterocycles. The van der Waals surface area contributed by atoms with Crippen molar-refractivity contribution in [3.63, 3.8) is 0 Å². The molecule has 9 nitrogen and oxygen atoms in total. The number of non-ortho nitro benzene ring substituents is 1. The summed E-state index contributed by atoms with van der Waals surface area (Å²) in [5.74, 6) is 0.633. The topological polar surface area (TPSA) is 110 Å². The molecule has 0 spiro atoms. The number of piperazine rings is 1. The summed E-state index contributed by atoms with van der Waals surface area (Å²) in [4.78, 5) is 34.3. The number of fused-ring (bicyclic) bond motifs is 3. The van der Waals surface area contributed by atoms with Crippen LogP contribution in [0.15, 0.2) is 30.6 Å². The van der Waals surface area contributed by atoms with Crippen LogP contribution >= 0.6 is 0 Å². The second-order valence-electron chi connectivity index (χ2n) is 8.37. The lowest BCUT2D eigenvalue weighted by Gasteiger charge is -2.35. The molecule has 2 bridgehead atoms. The van der Waals surface area contributed by atoms with Crippen molar-refractivity contribution in [1.29, 1.82) is 0 Å². The molecule has 0 saturated carbocycles. The molecule has 1 aliphatic carbocycles. The zero-order chi connectivity index (χ0) is 20.8. The van der Waals surface area contributed by atoms with Gasteiger partial charge in [0.15, 0.2) is 0 Å². The Labute approximate surface area is 173 Å². The molecule has 2 saturated heterocycles. The number of carbonyl (C=O) groups excluding carboxylic acids is 1. The van der Waals surface area contributed by atoms with Gasteiger partial charge in [-0.3, -0.25) is 10.1 Å². The molecule has 0 unspecified atom stereocenters.